The fourth-order valence-electron chi connectivity index (χ4n) is 2.51. The minimum absolute atomic E-state index is 0.106. The molecule has 22 heavy (non-hydrogen) atoms. The van der Waals surface area contributed by atoms with Crippen molar-refractivity contribution in [1.82, 2.24) is 4.90 Å². The third-order valence-corrected chi connectivity index (χ3v) is 3.60. The van der Waals surface area contributed by atoms with Gasteiger partial charge < -0.3 is 19.5 Å². The Morgan fingerprint density at radius 3 is 2.45 bits per heavy atom. The van der Waals surface area contributed by atoms with Gasteiger partial charge in [-0.1, -0.05) is 0 Å². The number of carbonyl (C=O) groups excluding carboxylic acids is 1. The van der Waals surface area contributed by atoms with Crippen LogP contribution >= 0.6 is 0 Å². The molecule has 126 valence electrons. The van der Waals surface area contributed by atoms with Crippen LogP contribution in [-0.2, 0) is 9.47 Å². The van der Waals surface area contributed by atoms with E-state index >= 15 is 0 Å². The minimum atomic E-state index is -0.520. The van der Waals surface area contributed by atoms with Gasteiger partial charge in [0.05, 0.1) is 19.3 Å². The monoisotopic (exact) mass is 311 g/mol. The van der Waals surface area contributed by atoms with Gasteiger partial charge in [-0.25, -0.2) is 4.79 Å². The van der Waals surface area contributed by atoms with E-state index in [9.17, 15) is 9.90 Å². The zero-order chi connectivity index (χ0) is 16.6. The van der Waals surface area contributed by atoms with Crippen LogP contribution < -0.4 is 0 Å². The van der Waals surface area contributed by atoms with E-state index in [0.29, 0.717) is 26.2 Å². The molecule has 1 rings (SSSR count). The van der Waals surface area contributed by atoms with Gasteiger partial charge in [0.1, 0.15) is 5.60 Å². The largest absolute Gasteiger partial charge is 0.444 e. The van der Waals surface area contributed by atoms with Gasteiger partial charge in [-0.2, -0.15) is 0 Å². The van der Waals surface area contributed by atoms with Crippen LogP contribution in [0.5, 0.6) is 0 Å². The highest BCUT2D eigenvalue weighted by molar-refractivity contribution is 5.68. The van der Waals surface area contributed by atoms with Crippen molar-refractivity contribution >= 4 is 6.09 Å². The van der Waals surface area contributed by atoms with Crippen molar-refractivity contribution in [1.29, 1.82) is 0 Å². The first-order chi connectivity index (χ1) is 10.3. The second kappa shape index (κ2) is 9.02. The Morgan fingerprint density at radius 1 is 1.27 bits per heavy atom. The van der Waals surface area contributed by atoms with Crippen LogP contribution in [0.15, 0.2) is 0 Å². The van der Waals surface area contributed by atoms with Crippen LogP contribution in [0.25, 0.3) is 0 Å². The van der Waals surface area contributed by atoms with Gasteiger partial charge in [-0.3, -0.25) is 0 Å². The van der Waals surface area contributed by atoms with E-state index in [4.69, 9.17) is 15.9 Å². The molecule has 0 spiro atoms. The van der Waals surface area contributed by atoms with Crippen molar-refractivity contribution in [3.63, 3.8) is 0 Å². The van der Waals surface area contributed by atoms with E-state index in [2.05, 4.69) is 5.92 Å². The highest BCUT2D eigenvalue weighted by Gasteiger charge is 2.30. The van der Waals surface area contributed by atoms with Gasteiger partial charge in [0, 0.05) is 19.0 Å². The summed E-state index contributed by atoms with van der Waals surface area (Å²) < 4.78 is 11.0. The third-order valence-electron chi connectivity index (χ3n) is 3.60. The lowest BCUT2D eigenvalue weighted by Crippen LogP contribution is -2.46. The Hall–Kier alpha value is -1.25. The first-order valence-electron chi connectivity index (χ1n) is 8.02. The van der Waals surface area contributed by atoms with E-state index in [0.717, 1.165) is 25.7 Å². The van der Waals surface area contributed by atoms with Crippen molar-refractivity contribution in [2.24, 2.45) is 0 Å². The molecule has 0 heterocycles. The van der Waals surface area contributed by atoms with Gasteiger partial charge in [0.2, 0.25) is 0 Å². The Morgan fingerprint density at radius 2 is 1.91 bits per heavy atom. The molecule has 0 atom stereocenters. The number of terminal acetylenes is 1. The van der Waals surface area contributed by atoms with Crippen molar-refractivity contribution in [3.8, 4) is 12.3 Å². The molecular weight excluding hydrogens is 282 g/mol. The van der Waals surface area contributed by atoms with Crippen LogP contribution in [0.1, 0.15) is 52.9 Å². The average molecular weight is 311 g/mol. The lowest BCUT2D eigenvalue weighted by molar-refractivity contribution is -0.00325. The predicted molar refractivity (Wildman–Crippen MR) is 85.5 cm³/mol. The number of aliphatic hydroxyl groups excluding tert-OH is 1. The summed E-state index contributed by atoms with van der Waals surface area (Å²) in [6.07, 6.45) is 8.24. The van der Waals surface area contributed by atoms with E-state index < -0.39 is 5.60 Å². The van der Waals surface area contributed by atoms with Gasteiger partial charge >= 0.3 is 6.09 Å². The molecule has 0 aromatic carbocycles. The highest BCUT2D eigenvalue weighted by Crippen LogP contribution is 2.24. The number of amides is 1. The molecule has 5 heteroatoms. The molecule has 5 nitrogen and oxygen atoms in total. The average Bonchev–Trinajstić information content (AvgIpc) is 2.42. The second-order valence-corrected chi connectivity index (χ2v) is 6.70. The second-order valence-electron chi connectivity index (χ2n) is 6.70. The summed E-state index contributed by atoms with van der Waals surface area (Å²) in [5.41, 5.74) is -0.520. The summed E-state index contributed by atoms with van der Waals surface area (Å²) in [6, 6.07) is 0.106. The summed E-state index contributed by atoms with van der Waals surface area (Å²) in [5, 5.41) is 9.63. The van der Waals surface area contributed by atoms with Crippen LogP contribution in [0.4, 0.5) is 4.79 Å². The standard InChI is InChI=1S/C17H29NO4/c1-5-6-12-21-13-11-18(16(20)22-17(2,3)4)14-7-9-15(19)10-8-14/h1,14-15,19H,6-13H2,2-4H3. The molecule has 1 saturated carbocycles. The molecule has 1 aliphatic rings. The Balaban J connectivity index is 2.56. The van der Waals surface area contributed by atoms with Gasteiger partial charge in [0.25, 0.3) is 0 Å². The molecule has 1 amide bonds. The van der Waals surface area contributed by atoms with Crippen molar-refractivity contribution in [2.45, 2.75) is 70.6 Å². The molecule has 0 unspecified atom stereocenters. The zero-order valence-corrected chi connectivity index (χ0v) is 14.0. The smallest absolute Gasteiger partial charge is 0.410 e. The Bertz CT molecular complexity index is 375. The summed E-state index contributed by atoms with van der Waals surface area (Å²) in [6.45, 7) is 7.01. The molecule has 1 N–H and O–H groups in total. The molecular formula is C17H29NO4. The fraction of sp³-hybridized carbons (Fsp3) is 0.824. The van der Waals surface area contributed by atoms with Crippen molar-refractivity contribution in [3.05, 3.63) is 0 Å². The van der Waals surface area contributed by atoms with Crippen LogP contribution in [0, 0.1) is 12.3 Å². The number of carbonyl (C=O) groups is 1. The van der Waals surface area contributed by atoms with Gasteiger partial charge in [0.15, 0.2) is 0 Å². The molecule has 0 aromatic rings. The number of rotatable bonds is 6. The first-order valence-corrected chi connectivity index (χ1v) is 8.02. The first kappa shape index (κ1) is 18.8. The fourth-order valence-corrected chi connectivity index (χ4v) is 2.51. The molecule has 0 aliphatic heterocycles. The number of hydrogen-bond acceptors (Lipinski definition) is 4. The van der Waals surface area contributed by atoms with Gasteiger partial charge in [-0.05, 0) is 46.5 Å². The molecule has 1 aliphatic carbocycles. The van der Waals surface area contributed by atoms with E-state index in [1.54, 1.807) is 4.90 Å². The quantitative estimate of drug-likeness (QED) is 0.605. The normalized spacial score (nSPS) is 22.0. The van der Waals surface area contributed by atoms with Crippen LogP contribution in [0.2, 0.25) is 0 Å². The zero-order valence-electron chi connectivity index (χ0n) is 14.0. The number of ether oxygens (including phenoxy) is 2. The lowest BCUT2D eigenvalue weighted by atomic mass is 9.92. The molecule has 0 aromatic heterocycles. The lowest BCUT2D eigenvalue weighted by Gasteiger charge is -2.36. The minimum Gasteiger partial charge on any atom is -0.444 e. The summed E-state index contributed by atoms with van der Waals surface area (Å²) in [7, 11) is 0. The summed E-state index contributed by atoms with van der Waals surface area (Å²) >= 11 is 0. The molecule has 1 fully saturated rings. The maximum atomic E-state index is 12.4. The third kappa shape index (κ3) is 7.15. The maximum Gasteiger partial charge on any atom is 0.410 e. The predicted octanol–water partition coefficient (Wildman–Crippen LogP) is 2.57. The van der Waals surface area contributed by atoms with Crippen molar-refractivity contribution in [2.75, 3.05) is 19.8 Å². The number of nitrogens with zero attached hydrogens (tertiary/aromatic N) is 1. The molecule has 0 radical (unpaired) electrons. The Labute approximate surface area is 134 Å². The topological polar surface area (TPSA) is 59.0 Å². The summed E-state index contributed by atoms with van der Waals surface area (Å²) in [5.74, 6) is 2.52. The van der Waals surface area contributed by atoms with Gasteiger partial charge in [-0.15, -0.1) is 12.3 Å². The number of aliphatic hydroxyl groups is 1. The van der Waals surface area contributed by atoms with E-state index in [1.165, 1.54) is 0 Å². The van der Waals surface area contributed by atoms with Crippen molar-refractivity contribution < 1.29 is 19.4 Å². The van der Waals surface area contributed by atoms with E-state index in [1.807, 2.05) is 20.8 Å². The SMILES string of the molecule is C#CCCOCCN(C(=O)OC(C)(C)C)C1CCC(O)CC1. The molecule has 0 bridgehead atoms. The maximum absolute atomic E-state index is 12.4. The van der Waals surface area contributed by atoms with Crippen LogP contribution in [-0.4, -0.2) is 53.6 Å². The van der Waals surface area contributed by atoms with E-state index in [-0.39, 0.29) is 18.2 Å². The molecule has 0 saturated heterocycles. The summed E-state index contributed by atoms with van der Waals surface area (Å²) in [4.78, 5) is 14.2. The highest BCUT2D eigenvalue weighted by atomic mass is 16.6. The Kier molecular flexibility index (Phi) is 7.70. The van der Waals surface area contributed by atoms with Crippen LogP contribution in [0.3, 0.4) is 0 Å². The number of hydrogen-bond donors (Lipinski definition) is 1.